The van der Waals surface area contributed by atoms with Crippen LogP contribution in [0.15, 0.2) is 0 Å². The Morgan fingerprint density at radius 3 is 1.14 bits per heavy atom. The fourth-order valence-electron chi connectivity index (χ4n) is 4.58. The van der Waals surface area contributed by atoms with Crippen LogP contribution in [0, 0.1) is 5.41 Å². The maximum atomic E-state index is 6.22. The first-order valence-electron chi connectivity index (χ1n) is 12.5. The summed E-state index contributed by atoms with van der Waals surface area (Å²) in [6, 6.07) is 2.52. The molecule has 176 valence electrons. The van der Waals surface area contributed by atoms with Gasteiger partial charge in [0, 0.05) is 7.11 Å². The van der Waals surface area contributed by atoms with Gasteiger partial charge in [-0.15, -0.1) is 0 Å². The van der Waals surface area contributed by atoms with Crippen molar-refractivity contribution in [3.63, 3.8) is 0 Å². The third-order valence-electron chi connectivity index (χ3n) is 7.55. The molecule has 0 aromatic carbocycles. The third-order valence-corrected chi connectivity index (χ3v) is 11.5. The standard InChI is InChI=1S/C24H55N3OSi/c1-10-25(11-2)20-17-24(18-21-26(12-3)13-4,19-22-27(14-5)15-6)23-29(9,16-7)28-8/h10-23H2,1-9H3. The van der Waals surface area contributed by atoms with Gasteiger partial charge in [-0.3, -0.25) is 0 Å². The number of hydrogen-bond acceptors (Lipinski definition) is 4. The molecule has 0 heterocycles. The van der Waals surface area contributed by atoms with Gasteiger partial charge in [0.15, 0.2) is 8.32 Å². The quantitative estimate of drug-likeness (QED) is 0.255. The topological polar surface area (TPSA) is 19.0 Å². The van der Waals surface area contributed by atoms with Gasteiger partial charge < -0.3 is 19.1 Å². The van der Waals surface area contributed by atoms with Crippen molar-refractivity contribution in [1.29, 1.82) is 0 Å². The average Bonchev–Trinajstić information content (AvgIpc) is 2.75. The summed E-state index contributed by atoms with van der Waals surface area (Å²) in [7, 11) is 0.306. The van der Waals surface area contributed by atoms with Crippen LogP contribution in [0.3, 0.4) is 0 Å². The molecule has 0 aromatic rings. The minimum Gasteiger partial charge on any atom is -0.420 e. The Morgan fingerprint density at radius 2 is 0.931 bits per heavy atom. The van der Waals surface area contributed by atoms with Crippen molar-refractivity contribution in [2.75, 3.05) is 66.0 Å². The molecule has 0 aliphatic heterocycles. The van der Waals surface area contributed by atoms with Crippen LogP contribution in [-0.4, -0.2) is 89.0 Å². The zero-order valence-corrected chi connectivity index (χ0v) is 22.6. The largest absolute Gasteiger partial charge is 0.420 e. The summed E-state index contributed by atoms with van der Waals surface area (Å²) in [5, 5.41) is 0. The van der Waals surface area contributed by atoms with E-state index < -0.39 is 8.32 Å². The molecule has 0 aromatic heterocycles. The fraction of sp³-hybridized carbons (Fsp3) is 1.00. The van der Waals surface area contributed by atoms with E-state index in [0.29, 0.717) is 5.41 Å². The van der Waals surface area contributed by atoms with Crippen LogP contribution in [0.5, 0.6) is 0 Å². The Kier molecular flexibility index (Phi) is 15.8. The SMILES string of the molecule is CCN(CC)CCC(CCN(CC)CC)(CCN(CC)CC)C[Si](C)(CC)OC. The summed E-state index contributed by atoms with van der Waals surface area (Å²) in [5.41, 5.74) is 0.390. The van der Waals surface area contributed by atoms with Gasteiger partial charge in [0.2, 0.25) is 0 Å². The second kappa shape index (κ2) is 15.8. The molecule has 0 saturated heterocycles. The van der Waals surface area contributed by atoms with Gasteiger partial charge in [0.1, 0.15) is 0 Å². The van der Waals surface area contributed by atoms with Crippen LogP contribution in [-0.2, 0) is 4.43 Å². The second-order valence-electron chi connectivity index (χ2n) is 9.02. The predicted molar refractivity (Wildman–Crippen MR) is 134 cm³/mol. The van der Waals surface area contributed by atoms with Crippen LogP contribution >= 0.6 is 0 Å². The highest BCUT2D eigenvalue weighted by Crippen LogP contribution is 2.42. The normalized spacial score (nSPS) is 14.9. The lowest BCUT2D eigenvalue weighted by Gasteiger charge is -2.43. The molecule has 5 heteroatoms. The van der Waals surface area contributed by atoms with E-state index in [-0.39, 0.29) is 0 Å². The lowest BCUT2D eigenvalue weighted by Crippen LogP contribution is -2.44. The minimum atomic E-state index is -1.67. The van der Waals surface area contributed by atoms with Crippen molar-refractivity contribution in [2.24, 2.45) is 5.41 Å². The Labute approximate surface area is 185 Å². The number of nitrogens with zero attached hydrogens (tertiary/aromatic N) is 3. The van der Waals surface area contributed by atoms with Gasteiger partial charge in [0.25, 0.3) is 0 Å². The second-order valence-corrected chi connectivity index (χ2v) is 13.4. The summed E-state index contributed by atoms with van der Waals surface area (Å²) in [5.74, 6) is 0. The van der Waals surface area contributed by atoms with E-state index in [1.54, 1.807) is 0 Å². The maximum absolute atomic E-state index is 6.22. The van der Waals surface area contributed by atoms with E-state index in [2.05, 4.69) is 69.7 Å². The molecule has 0 rings (SSSR count). The van der Waals surface area contributed by atoms with Crippen LogP contribution in [0.1, 0.15) is 67.7 Å². The molecule has 0 N–H and O–H groups in total. The molecule has 4 nitrogen and oxygen atoms in total. The van der Waals surface area contributed by atoms with E-state index in [1.165, 1.54) is 51.0 Å². The molecule has 0 fully saturated rings. The maximum Gasteiger partial charge on any atom is 0.189 e. The van der Waals surface area contributed by atoms with Crippen LogP contribution < -0.4 is 0 Å². The van der Waals surface area contributed by atoms with Crippen molar-refractivity contribution < 1.29 is 4.43 Å². The molecular weight excluding hydrogens is 374 g/mol. The van der Waals surface area contributed by atoms with Gasteiger partial charge in [-0.2, -0.15) is 0 Å². The lowest BCUT2D eigenvalue weighted by molar-refractivity contribution is 0.138. The highest BCUT2D eigenvalue weighted by Gasteiger charge is 2.40. The van der Waals surface area contributed by atoms with E-state index in [1.807, 2.05) is 7.11 Å². The molecule has 1 unspecified atom stereocenters. The average molecular weight is 430 g/mol. The summed E-state index contributed by atoms with van der Waals surface area (Å²) in [6.45, 7) is 29.2. The van der Waals surface area contributed by atoms with Crippen molar-refractivity contribution >= 4 is 8.32 Å². The third kappa shape index (κ3) is 10.8. The van der Waals surface area contributed by atoms with Crippen LogP contribution in [0.4, 0.5) is 0 Å². The molecule has 1 atom stereocenters. The fourth-order valence-corrected chi connectivity index (χ4v) is 7.38. The molecule has 0 bridgehead atoms. The molecule has 0 saturated carbocycles. The number of rotatable bonds is 19. The first-order valence-corrected chi connectivity index (χ1v) is 15.4. The van der Waals surface area contributed by atoms with E-state index in [4.69, 9.17) is 4.43 Å². The lowest BCUT2D eigenvalue weighted by atomic mass is 9.79. The first-order chi connectivity index (χ1) is 13.8. The van der Waals surface area contributed by atoms with E-state index in [9.17, 15) is 0 Å². The molecule has 0 radical (unpaired) electrons. The predicted octanol–water partition coefficient (Wildman–Crippen LogP) is 5.41. The van der Waals surface area contributed by atoms with E-state index >= 15 is 0 Å². The minimum absolute atomic E-state index is 0.390. The summed E-state index contributed by atoms with van der Waals surface area (Å²) < 4.78 is 6.22. The Balaban J connectivity index is 5.71. The highest BCUT2D eigenvalue weighted by molar-refractivity contribution is 6.72. The van der Waals surface area contributed by atoms with Crippen molar-refractivity contribution in [3.05, 3.63) is 0 Å². The molecule has 0 aliphatic rings. The molecule has 0 amide bonds. The van der Waals surface area contributed by atoms with Crippen molar-refractivity contribution in [3.8, 4) is 0 Å². The zero-order chi connectivity index (χ0) is 22.3. The zero-order valence-electron chi connectivity index (χ0n) is 21.6. The van der Waals surface area contributed by atoms with Crippen LogP contribution in [0.25, 0.3) is 0 Å². The van der Waals surface area contributed by atoms with Gasteiger partial charge >= 0.3 is 0 Å². The monoisotopic (exact) mass is 429 g/mol. The summed E-state index contributed by atoms with van der Waals surface area (Å²) >= 11 is 0. The smallest absolute Gasteiger partial charge is 0.189 e. The number of hydrogen-bond donors (Lipinski definition) is 0. The molecule has 0 aliphatic carbocycles. The van der Waals surface area contributed by atoms with E-state index in [0.717, 1.165) is 39.3 Å². The Morgan fingerprint density at radius 1 is 0.621 bits per heavy atom. The Hall–Kier alpha value is 0.0569. The van der Waals surface area contributed by atoms with Gasteiger partial charge in [-0.1, -0.05) is 48.5 Å². The van der Waals surface area contributed by atoms with Crippen molar-refractivity contribution in [2.45, 2.75) is 86.4 Å². The van der Waals surface area contributed by atoms with Crippen LogP contribution in [0.2, 0.25) is 18.6 Å². The van der Waals surface area contributed by atoms with Gasteiger partial charge in [0.05, 0.1) is 0 Å². The molecule has 0 spiro atoms. The van der Waals surface area contributed by atoms with Gasteiger partial charge in [-0.05, 0) is 102 Å². The van der Waals surface area contributed by atoms with Gasteiger partial charge in [-0.25, -0.2) is 0 Å². The highest BCUT2D eigenvalue weighted by atomic mass is 28.4. The first kappa shape index (κ1) is 29.1. The molecular formula is C24H55N3OSi. The molecule has 29 heavy (non-hydrogen) atoms. The summed E-state index contributed by atoms with van der Waals surface area (Å²) in [6.07, 6.45) is 3.93. The Bertz CT molecular complexity index is 338. The van der Waals surface area contributed by atoms with Crippen molar-refractivity contribution in [1.82, 2.24) is 14.7 Å². The summed E-state index contributed by atoms with van der Waals surface area (Å²) in [4.78, 5) is 7.84.